The van der Waals surface area contributed by atoms with Crippen LogP contribution in [0.2, 0.25) is 0 Å². The van der Waals surface area contributed by atoms with Crippen LogP contribution in [0.1, 0.15) is 67.4 Å². The number of thiophene rings is 1. The second kappa shape index (κ2) is 10.0. The van der Waals surface area contributed by atoms with Crippen LogP contribution in [0.15, 0.2) is 24.3 Å². The Hall–Kier alpha value is -2.43. The van der Waals surface area contributed by atoms with Gasteiger partial charge in [0, 0.05) is 10.4 Å². The standard InChI is InChI=1S/C25H31N3O2S2/c1-15(2)14-30-18-8-6-7-16(11-18)22(29)27-24(31)28-23-20(13-26)19-10-9-17(25(3,4)5)12-21(19)32-23/h6-8,11,15,17H,9-10,12,14H2,1-5H3,(H2,27,28,29,31). The summed E-state index contributed by atoms with van der Waals surface area (Å²) in [6.07, 6.45) is 2.96. The maximum Gasteiger partial charge on any atom is 0.257 e. The van der Waals surface area contributed by atoms with Gasteiger partial charge in [0.25, 0.3) is 5.91 Å². The second-order valence-corrected chi connectivity index (χ2v) is 11.3. The van der Waals surface area contributed by atoms with E-state index < -0.39 is 0 Å². The highest BCUT2D eigenvalue weighted by Crippen LogP contribution is 2.43. The van der Waals surface area contributed by atoms with Gasteiger partial charge in [-0.25, -0.2) is 0 Å². The summed E-state index contributed by atoms with van der Waals surface area (Å²) in [4.78, 5) is 13.9. The van der Waals surface area contributed by atoms with Gasteiger partial charge in [0.05, 0.1) is 12.2 Å². The monoisotopic (exact) mass is 469 g/mol. The Balaban J connectivity index is 1.68. The first-order valence-corrected chi connectivity index (χ1v) is 12.2. The average molecular weight is 470 g/mol. The molecule has 1 aliphatic carbocycles. The number of hydrogen-bond acceptors (Lipinski definition) is 5. The molecule has 7 heteroatoms. The number of nitrogens with zero attached hydrogens (tertiary/aromatic N) is 1. The van der Waals surface area contributed by atoms with Crippen molar-refractivity contribution >= 4 is 39.6 Å². The summed E-state index contributed by atoms with van der Waals surface area (Å²) in [5, 5.41) is 16.5. The third kappa shape index (κ3) is 5.87. The van der Waals surface area contributed by atoms with Crippen LogP contribution >= 0.6 is 23.6 Å². The quantitative estimate of drug-likeness (QED) is 0.531. The molecule has 0 radical (unpaired) electrons. The van der Waals surface area contributed by atoms with Gasteiger partial charge in [-0.2, -0.15) is 5.26 Å². The minimum absolute atomic E-state index is 0.186. The zero-order chi connectivity index (χ0) is 23.5. The molecule has 1 aliphatic rings. The second-order valence-electron chi connectivity index (χ2n) is 9.77. The molecule has 0 saturated heterocycles. The molecule has 2 N–H and O–H groups in total. The molecule has 32 heavy (non-hydrogen) atoms. The Morgan fingerprint density at radius 2 is 2.12 bits per heavy atom. The first-order chi connectivity index (χ1) is 15.1. The molecule has 1 atom stereocenters. The lowest BCUT2D eigenvalue weighted by Gasteiger charge is -2.33. The van der Waals surface area contributed by atoms with Crippen LogP contribution in [0.4, 0.5) is 5.00 Å². The number of benzene rings is 1. The highest BCUT2D eigenvalue weighted by molar-refractivity contribution is 7.80. The van der Waals surface area contributed by atoms with Crippen molar-refractivity contribution in [3.8, 4) is 11.8 Å². The Labute approximate surface area is 200 Å². The van der Waals surface area contributed by atoms with Crippen molar-refractivity contribution in [2.75, 3.05) is 11.9 Å². The van der Waals surface area contributed by atoms with Crippen molar-refractivity contribution in [2.24, 2.45) is 17.3 Å². The Kier molecular flexibility index (Phi) is 7.58. The first-order valence-electron chi connectivity index (χ1n) is 11.0. The predicted molar refractivity (Wildman–Crippen MR) is 134 cm³/mol. The minimum Gasteiger partial charge on any atom is -0.493 e. The van der Waals surface area contributed by atoms with Crippen molar-refractivity contribution in [1.82, 2.24) is 5.32 Å². The fourth-order valence-electron chi connectivity index (χ4n) is 3.83. The van der Waals surface area contributed by atoms with E-state index in [-0.39, 0.29) is 16.4 Å². The maximum atomic E-state index is 12.7. The predicted octanol–water partition coefficient (Wildman–Crippen LogP) is 5.93. The number of rotatable bonds is 5. The van der Waals surface area contributed by atoms with E-state index in [1.807, 2.05) is 6.07 Å². The smallest absolute Gasteiger partial charge is 0.257 e. The van der Waals surface area contributed by atoms with Gasteiger partial charge in [-0.3, -0.25) is 10.1 Å². The lowest BCUT2D eigenvalue weighted by atomic mass is 9.72. The molecular weight excluding hydrogens is 438 g/mol. The number of carbonyl (C=O) groups excluding carboxylic acids is 1. The van der Waals surface area contributed by atoms with Crippen LogP contribution in [-0.4, -0.2) is 17.6 Å². The van der Waals surface area contributed by atoms with Gasteiger partial charge in [-0.05, 0) is 72.5 Å². The molecule has 1 aromatic heterocycles. The largest absolute Gasteiger partial charge is 0.493 e. The van der Waals surface area contributed by atoms with Crippen molar-refractivity contribution in [2.45, 2.75) is 53.9 Å². The molecule has 0 fully saturated rings. The van der Waals surface area contributed by atoms with E-state index >= 15 is 0 Å². The summed E-state index contributed by atoms with van der Waals surface area (Å²) in [6, 6.07) is 9.38. The number of anilines is 1. The zero-order valence-corrected chi connectivity index (χ0v) is 21.0. The SMILES string of the molecule is CC(C)COc1cccc(C(=O)NC(=S)Nc2sc3c(c2C#N)CCC(C(C)(C)C)C3)c1. The summed E-state index contributed by atoms with van der Waals surface area (Å²) in [7, 11) is 0. The third-order valence-electron chi connectivity index (χ3n) is 5.74. The third-order valence-corrected chi connectivity index (χ3v) is 7.11. The lowest BCUT2D eigenvalue weighted by molar-refractivity contribution is 0.0977. The van der Waals surface area contributed by atoms with Crippen LogP contribution in [0, 0.1) is 28.6 Å². The van der Waals surface area contributed by atoms with Gasteiger partial charge in [-0.15, -0.1) is 11.3 Å². The maximum absolute atomic E-state index is 12.7. The zero-order valence-electron chi connectivity index (χ0n) is 19.4. The number of ether oxygens (including phenoxy) is 1. The van der Waals surface area contributed by atoms with Crippen LogP contribution < -0.4 is 15.4 Å². The Morgan fingerprint density at radius 1 is 1.38 bits per heavy atom. The number of fused-ring (bicyclic) bond motifs is 1. The topological polar surface area (TPSA) is 74.2 Å². The van der Waals surface area contributed by atoms with Gasteiger partial charge in [0.2, 0.25) is 0 Å². The van der Waals surface area contributed by atoms with E-state index in [0.29, 0.717) is 40.3 Å². The van der Waals surface area contributed by atoms with Crippen molar-refractivity contribution in [1.29, 1.82) is 5.26 Å². The molecule has 0 bridgehead atoms. The summed E-state index contributed by atoms with van der Waals surface area (Å²) < 4.78 is 5.71. The highest BCUT2D eigenvalue weighted by Gasteiger charge is 2.32. The summed E-state index contributed by atoms with van der Waals surface area (Å²) in [6.45, 7) is 11.5. The van der Waals surface area contributed by atoms with E-state index in [4.69, 9.17) is 17.0 Å². The first kappa shape index (κ1) is 24.2. The van der Waals surface area contributed by atoms with Crippen LogP contribution in [-0.2, 0) is 12.8 Å². The molecule has 0 aliphatic heterocycles. The van der Waals surface area contributed by atoms with Crippen molar-refractivity contribution in [3.05, 3.63) is 45.8 Å². The number of thiocarbonyl (C=S) groups is 1. The van der Waals surface area contributed by atoms with Crippen LogP contribution in [0.5, 0.6) is 5.75 Å². The number of amides is 1. The van der Waals surface area contributed by atoms with Crippen molar-refractivity contribution in [3.63, 3.8) is 0 Å². The van der Waals surface area contributed by atoms with E-state index in [2.05, 4.69) is 51.3 Å². The minimum atomic E-state index is -0.315. The van der Waals surface area contributed by atoms with E-state index in [9.17, 15) is 10.1 Å². The number of nitriles is 1. The highest BCUT2D eigenvalue weighted by atomic mass is 32.1. The fourth-order valence-corrected chi connectivity index (χ4v) is 5.37. The normalized spacial score (nSPS) is 15.6. The van der Waals surface area contributed by atoms with Crippen LogP contribution in [0.25, 0.3) is 0 Å². The van der Waals surface area contributed by atoms with Crippen molar-refractivity contribution < 1.29 is 9.53 Å². The molecular formula is C25H31N3O2S2. The van der Waals surface area contributed by atoms with Gasteiger partial charge in [-0.1, -0.05) is 40.7 Å². The van der Waals surface area contributed by atoms with E-state index in [1.165, 1.54) is 4.88 Å². The molecule has 2 aromatic rings. The van der Waals surface area contributed by atoms with Crippen LogP contribution in [0.3, 0.4) is 0 Å². The summed E-state index contributed by atoms with van der Waals surface area (Å²) >= 11 is 6.96. The number of nitrogens with one attached hydrogen (secondary N) is 2. The molecule has 0 saturated carbocycles. The molecule has 1 unspecified atom stereocenters. The molecule has 1 amide bonds. The number of hydrogen-bond donors (Lipinski definition) is 2. The van der Waals surface area contributed by atoms with Gasteiger partial charge >= 0.3 is 0 Å². The van der Waals surface area contributed by atoms with Gasteiger partial charge in [0.15, 0.2) is 5.11 Å². The average Bonchev–Trinajstić information content (AvgIpc) is 3.07. The molecule has 5 nitrogen and oxygen atoms in total. The molecule has 170 valence electrons. The molecule has 0 spiro atoms. The van der Waals surface area contributed by atoms with Gasteiger partial charge < -0.3 is 10.1 Å². The summed E-state index contributed by atoms with van der Waals surface area (Å²) in [5.41, 5.74) is 2.48. The van der Waals surface area contributed by atoms with E-state index in [1.54, 1.807) is 29.5 Å². The Bertz CT molecular complexity index is 1040. The van der Waals surface area contributed by atoms with Gasteiger partial charge in [0.1, 0.15) is 16.8 Å². The fraction of sp³-hybridized carbons (Fsp3) is 0.480. The molecule has 1 aromatic carbocycles. The lowest BCUT2D eigenvalue weighted by Crippen LogP contribution is -2.34. The molecule has 1 heterocycles. The molecule has 3 rings (SSSR count). The van der Waals surface area contributed by atoms with E-state index in [0.717, 1.165) is 24.8 Å². The summed E-state index contributed by atoms with van der Waals surface area (Å²) in [5.74, 6) is 1.32. The number of carbonyl (C=O) groups is 1. The Morgan fingerprint density at radius 3 is 2.78 bits per heavy atom.